The van der Waals surface area contributed by atoms with E-state index >= 15 is 0 Å². The number of anilines is 2. The molecule has 0 fully saturated rings. The van der Waals surface area contributed by atoms with Gasteiger partial charge in [-0.25, -0.2) is 0 Å². The SMILES string of the molecule is CC(C)Nc1ccc(NC(=O)C2=C(O)C(CCc3ccccc3)NC2=O)cc1. The van der Waals surface area contributed by atoms with Gasteiger partial charge in [0.15, 0.2) is 0 Å². The minimum absolute atomic E-state index is 0.198. The fourth-order valence-electron chi connectivity index (χ4n) is 3.15. The Kier molecular flexibility index (Phi) is 5.99. The Bertz CT molecular complexity index is 874. The molecule has 28 heavy (non-hydrogen) atoms. The highest BCUT2D eigenvalue weighted by molar-refractivity contribution is 6.24. The molecule has 0 aliphatic carbocycles. The standard InChI is InChI=1S/C22H25N3O3/c1-14(2)23-16-9-11-17(12-10-16)24-21(27)19-20(26)18(25-22(19)28)13-8-15-6-4-3-5-7-15/h3-7,9-12,14,18,23,26H,8,13H2,1-2H3,(H,24,27)(H,25,28). The molecule has 2 aromatic carbocycles. The van der Waals surface area contributed by atoms with Gasteiger partial charge in [0.1, 0.15) is 11.3 Å². The fraction of sp³-hybridized carbons (Fsp3) is 0.273. The normalized spacial score (nSPS) is 16.2. The van der Waals surface area contributed by atoms with Crippen LogP contribution < -0.4 is 16.0 Å². The molecule has 2 amide bonds. The van der Waals surface area contributed by atoms with Gasteiger partial charge >= 0.3 is 0 Å². The first-order valence-corrected chi connectivity index (χ1v) is 9.40. The van der Waals surface area contributed by atoms with Crippen molar-refractivity contribution in [3.05, 3.63) is 71.5 Å². The van der Waals surface area contributed by atoms with Crippen LogP contribution in [-0.2, 0) is 16.0 Å². The molecule has 0 spiro atoms. The average Bonchev–Trinajstić information content (AvgIpc) is 2.95. The van der Waals surface area contributed by atoms with Crippen LogP contribution in [-0.4, -0.2) is 29.0 Å². The molecule has 0 saturated carbocycles. The van der Waals surface area contributed by atoms with E-state index in [0.29, 0.717) is 24.6 Å². The first-order valence-electron chi connectivity index (χ1n) is 9.40. The summed E-state index contributed by atoms with van der Waals surface area (Å²) in [5.74, 6) is -1.36. The predicted molar refractivity (Wildman–Crippen MR) is 110 cm³/mol. The second-order valence-corrected chi connectivity index (χ2v) is 7.14. The summed E-state index contributed by atoms with van der Waals surface area (Å²) in [5, 5.41) is 19.0. The van der Waals surface area contributed by atoms with Gasteiger partial charge in [0.25, 0.3) is 11.8 Å². The van der Waals surface area contributed by atoms with Crippen LogP contribution in [0.3, 0.4) is 0 Å². The number of rotatable bonds is 7. The molecule has 1 atom stereocenters. The van der Waals surface area contributed by atoms with Crippen LogP contribution in [0.5, 0.6) is 0 Å². The van der Waals surface area contributed by atoms with Crippen molar-refractivity contribution in [3.8, 4) is 0 Å². The topological polar surface area (TPSA) is 90.5 Å². The van der Waals surface area contributed by atoms with Crippen molar-refractivity contribution in [2.45, 2.75) is 38.8 Å². The lowest BCUT2D eigenvalue weighted by atomic mass is 10.0. The number of hydrogen-bond acceptors (Lipinski definition) is 4. The van der Waals surface area contributed by atoms with E-state index in [-0.39, 0.29) is 11.3 Å². The lowest BCUT2D eigenvalue weighted by molar-refractivity contribution is -0.120. The minimum Gasteiger partial charge on any atom is -0.509 e. The summed E-state index contributed by atoms with van der Waals surface area (Å²) < 4.78 is 0. The van der Waals surface area contributed by atoms with Gasteiger partial charge in [-0.3, -0.25) is 9.59 Å². The molecule has 1 aliphatic heterocycles. The van der Waals surface area contributed by atoms with E-state index in [1.54, 1.807) is 12.1 Å². The van der Waals surface area contributed by atoms with Gasteiger partial charge in [-0.15, -0.1) is 0 Å². The minimum atomic E-state index is -0.609. The Morgan fingerprint density at radius 2 is 1.71 bits per heavy atom. The third kappa shape index (κ3) is 4.71. The Morgan fingerprint density at radius 1 is 1.07 bits per heavy atom. The molecule has 2 aromatic rings. The van der Waals surface area contributed by atoms with Crippen molar-refractivity contribution in [2.24, 2.45) is 0 Å². The number of nitrogens with one attached hydrogen (secondary N) is 3. The van der Waals surface area contributed by atoms with Crippen LogP contribution in [0.15, 0.2) is 65.9 Å². The lowest BCUT2D eigenvalue weighted by Crippen LogP contribution is -2.30. The molecule has 1 unspecified atom stereocenters. The van der Waals surface area contributed by atoms with Crippen LogP contribution in [0.25, 0.3) is 0 Å². The summed E-state index contributed by atoms with van der Waals surface area (Å²) in [5.41, 5.74) is 2.38. The molecule has 1 heterocycles. The second kappa shape index (κ2) is 8.61. The Hall–Kier alpha value is -3.28. The molecule has 0 saturated heterocycles. The number of aliphatic hydroxyl groups excluding tert-OH is 1. The Balaban J connectivity index is 1.64. The maximum absolute atomic E-state index is 12.5. The highest BCUT2D eigenvalue weighted by atomic mass is 16.3. The zero-order chi connectivity index (χ0) is 20.1. The van der Waals surface area contributed by atoms with E-state index in [4.69, 9.17) is 0 Å². The molecule has 4 N–H and O–H groups in total. The molecular formula is C22H25N3O3. The summed E-state index contributed by atoms with van der Waals surface area (Å²) >= 11 is 0. The smallest absolute Gasteiger partial charge is 0.264 e. The predicted octanol–water partition coefficient (Wildman–Crippen LogP) is 3.39. The van der Waals surface area contributed by atoms with E-state index in [1.807, 2.05) is 56.3 Å². The molecule has 146 valence electrons. The number of carbonyl (C=O) groups excluding carboxylic acids is 2. The highest BCUT2D eigenvalue weighted by Crippen LogP contribution is 2.22. The van der Waals surface area contributed by atoms with Gasteiger partial charge in [0, 0.05) is 17.4 Å². The number of benzene rings is 2. The molecular weight excluding hydrogens is 354 g/mol. The third-order valence-corrected chi connectivity index (χ3v) is 4.51. The van der Waals surface area contributed by atoms with Crippen molar-refractivity contribution in [1.82, 2.24) is 5.32 Å². The van der Waals surface area contributed by atoms with Crippen molar-refractivity contribution in [2.75, 3.05) is 10.6 Å². The van der Waals surface area contributed by atoms with Crippen LogP contribution in [0.4, 0.5) is 11.4 Å². The van der Waals surface area contributed by atoms with Crippen LogP contribution >= 0.6 is 0 Å². The van der Waals surface area contributed by atoms with Crippen molar-refractivity contribution in [1.29, 1.82) is 0 Å². The molecule has 0 radical (unpaired) electrons. The summed E-state index contributed by atoms with van der Waals surface area (Å²) in [4.78, 5) is 24.7. The average molecular weight is 379 g/mol. The monoisotopic (exact) mass is 379 g/mol. The maximum Gasteiger partial charge on any atom is 0.264 e. The lowest BCUT2D eigenvalue weighted by Gasteiger charge is -2.11. The first-order chi connectivity index (χ1) is 13.4. The first kappa shape index (κ1) is 19.5. The largest absolute Gasteiger partial charge is 0.509 e. The van der Waals surface area contributed by atoms with E-state index in [0.717, 1.165) is 11.3 Å². The zero-order valence-electron chi connectivity index (χ0n) is 16.0. The van der Waals surface area contributed by atoms with Gasteiger partial charge in [0.05, 0.1) is 6.04 Å². The van der Waals surface area contributed by atoms with Gasteiger partial charge < -0.3 is 21.1 Å². The summed E-state index contributed by atoms with van der Waals surface area (Å²) in [6.45, 7) is 4.08. The fourth-order valence-corrected chi connectivity index (χ4v) is 3.15. The van der Waals surface area contributed by atoms with E-state index in [2.05, 4.69) is 16.0 Å². The Morgan fingerprint density at radius 3 is 2.36 bits per heavy atom. The zero-order valence-corrected chi connectivity index (χ0v) is 16.0. The summed E-state index contributed by atoms with van der Waals surface area (Å²) in [6.07, 6.45) is 1.21. The van der Waals surface area contributed by atoms with Crippen LogP contribution in [0, 0.1) is 0 Å². The molecule has 0 aromatic heterocycles. The molecule has 3 rings (SSSR count). The van der Waals surface area contributed by atoms with E-state index in [1.165, 1.54) is 0 Å². The van der Waals surface area contributed by atoms with Crippen molar-refractivity contribution in [3.63, 3.8) is 0 Å². The van der Waals surface area contributed by atoms with Gasteiger partial charge in [0.2, 0.25) is 0 Å². The molecule has 1 aliphatic rings. The second-order valence-electron chi connectivity index (χ2n) is 7.14. The van der Waals surface area contributed by atoms with E-state index < -0.39 is 17.9 Å². The van der Waals surface area contributed by atoms with Gasteiger partial charge in [-0.05, 0) is 56.5 Å². The summed E-state index contributed by atoms with van der Waals surface area (Å²) in [6, 6.07) is 16.8. The van der Waals surface area contributed by atoms with Crippen molar-refractivity contribution < 1.29 is 14.7 Å². The van der Waals surface area contributed by atoms with E-state index in [9.17, 15) is 14.7 Å². The Labute approximate surface area is 164 Å². The molecule has 0 bridgehead atoms. The molecule has 6 nitrogen and oxygen atoms in total. The number of aliphatic hydroxyl groups is 1. The van der Waals surface area contributed by atoms with Gasteiger partial charge in [-0.2, -0.15) is 0 Å². The van der Waals surface area contributed by atoms with Crippen LogP contribution in [0.1, 0.15) is 25.8 Å². The van der Waals surface area contributed by atoms with Crippen LogP contribution in [0.2, 0.25) is 0 Å². The molecule has 6 heteroatoms. The number of amides is 2. The quantitative estimate of drug-likeness (QED) is 0.555. The van der Waals surface area contributed by atoms with Gasteiger partial charge in [-0.1, -0.05) is 30.3 Å². The van der Waals surface area contributed by atoms with Crippen molar-refractivity contribution >= 4 is 23.2 Å². The number of carbonyl (C=O) groups is 2. The summed E-state index contributed by atoms with van der Waals surface area (Å²) in [7, 11) is 0. The maximum atomic E-state index is 12.5. The third-order valence-electron chi connectivity index (χ3n) is 4.51. The number of hydrogen-bond donors (Lipinski definition) is 4. The highest BCUT2D eigenvalue weighted by Gasteiger charge is 2.35. The number of aryl methyl sites for hydroxylation is 1.